The Balaban J connectivity index is 2.60. The first-order valence-electron chi connectivity index (χ1n) is 5.81. The molecule has 88 valence electrons. The monoisotopic (exact) mass is 214 g/mol. The summed E-state index contributed by atoms with van der Waals surface area (Å²) in [6.45, 7) is 8.52. The molecule has 0 saturated carbocycles. The summed E-state index contributed by atoms with van der Waals surface area (Å²) in [6.07, 6.45) is 1.42. The number of carboxylic acid groups (broad SMARTS) is 1. The minimum atomic E-state index is -0.647. The summed E-state index contributed by atoms with van der Waals surface area (Å²) >= 11 is 0. The van der Waals surface area contributed by atoms with Crippen LogP contribution in [0.2, 0.25) is 0 Å². The van der Waals surface area contributed by atoms with Crippen molar-refractivity contribution in [2.45, 2.75) is 26.7 Å². The third-order valence-electron chi connectivity index (χ3n) is 3.54. The Labute approximate surface area is 91.6 Å². The van der Waals surface area contributed by atoms with Gasteiger partial charge >= 0.3 is 5.97 Å². The molecule has 4 nitrogen and oxygen atoms in total. The molecule has 0 amide bonds. The number of hydrogen-bond acceptors (Lipinski definition) is 3. The molecule has 1 aliphatic heterocycles. The SMILES string of the molecule is CCC(CC)(CN1CCNCC1)C(=O)O. The molecule has 0 aromatic carbocycles. The van der Waals surface area contributed by atoms with Gasteiger partial charge in [0.1, 0.15) is 0 Å². The second-order valence-corrected chi connectivity index (χ2v) is 4.32. The maximum Gasteiger partial charge on any atom is 0.310 e. The maximum atomic E-state index is 11.3. The van der Waals surface area contributed by atoms with Crippen molar-refractivity contribution in [3.63, 3.8) is 0 Å². The molecule has 0 aliphatic carbocycles. The first-order valence-corrected chi connectivity index (χ1v) is 5.81. The van der Waals surface area contributed by atoms with Crippen molar-refractivity contribution in [3.8, 4) is 0 Å². The summed E-state index contributed by atoms with van der Waals surface area (Å²) in [5.74, 6) is -0.647. The minimum absolute atomic E-state index is 0.544. The van der Waals surface area contributed by atoms with Crippen LogP contribution in [0.4, 0.5) is 0 Å². The number of carbonyl (C=O) groups is 1. The van der Waals surface area contributed by atoms with Gasteiger partial charge < -0.3 is 10.4 Å². The van der Waals surface area contributed by atoms with E-state index in [0.717, 1.165) is 26.2 Å². The number of nitrogens with one attached hydrogen (secondary N) is 1. The van der Waals surface area contributed by atoms with E-state index in [-0.39, 0.29) is 0 Å². The fourth-order valence-corrected chi connectivity index (χ4v) is 2.14. The third kappa shape index (κ3) is 2.92. The quantitative estimate of drug-likeness (QED) is 0.710. The standard InChI is InChI=1S/C11H22N2O2/c1-3-11(4-2,10(14)15)9-13-7-5-12-6-8-13/h12H,3-9H2,1-2H3,(H,14,15). The second-order valence-electron chi connectivity index (χ2n) is 4.32. The van der Waals surface area contributed by atoms with Crippen LogP contribution in [-0.4, -0.2) is 48.7 Å². The van der Waals surface area contributed by atoms with Gasteiger partial charge in [-0.25, -0.2) is 0 Å². The van der Waals surface area contributed by atoms with Crippen LogP contribution < -0.4 is 5.32 Å². The van der Waals surface area contributed by atoms with Crippen molar-refractivity contribution in [2.75, 3.05) is 32.7 Å². The molecular formula is C11H22N2O2. The Morgan fingerprint density at radius 3 is 2.27 bits per heavy atom. The van der Waals surface area contributed by atoms with Gasteiger partial charge in [-0.3, -0.25) is 9.69 Å². The lowest BCUT2D eigenvalue weighted by atomic mass is 9.81. The van der Waals surface area contributed by atoms with Gasteiger partial charge in [0.25, 0.3) is 0 Å². The van der Waals surface area contributed by atoms with E-state index in [1.54, 1.807) is 0 Å². The molecule has 1 saturated heterocycles. The molecule has 0 aromatic rings. The Kier molecular flexibility index (Phi) is 4.54. The zero-order valence-electron chi connectivity index (χ0n) is 9.75. The average molecular weight is 214 g/mol. The first-order chi connectivity index (χ1) is 7.14. The summed E-state index contributed by atoms with van der Waals surface area (Å²) < 4.78 is 0. The second kappa shape index (κ2) is 5.47. The highest BCUT2D eigenvalue weighted by Gasteiger charge is 2.36. The zero-order chi connectivity index (χ0) is 11.3. The fraction of sp³-hybridized carbons (Fsp3) is 0.909. The lowest BCUT2D eigenvalue weighted by Gasteiger charge is -2.36. The lowest BCUT2D eigenvalue weighted by Crippen LogP contribution is -2.50. The van der Waals surface area contributed by atoms with Crippen molar-refractivity contribution < 1.29 is 9.90 Å². The van der Waals surface area contributed by atoms with E-state index >= 15 is 0 Å². The lowest BCUT2D eigenvalue weighted by molar-refractivity contribution is -0.151. The van der Waals surface area contributed by atoms with Crippen molar-refractivity contribution in [2.24, 2.45) is 5.41 Å². The van der Waals surface area contributed by atoms with Gasteiger partial charge in [-0.2, -0.15) is 0 Å². The average Bonchev–Trinajstić information content (AvgIpc) is 2.27. The number of piperazine rings is 1. The number of aliphatic carboxylic acids is 1. The van der Waals surface area contributed by atoms with Crippen molar-refractivity contribution in [1.29, 1.82) is 0 Å². The van der Waals surface area contributed by atoms with Crippen molar-refractivity contribution >= 4 is 5.97 Å². The van der Waals surface area contributed by atoms with E-state index in [1.165, 1.54) is 0 Å². The van der Waals surface area contributed by atoms with Gasteiger partial charge in [-0.05, 0) is 12.8 Å². The fourth-order valence-electron chi connectivity index (χ4n) is 2.14. The number of carboxylic acids is 1. The molecular weight excluding hydrogens is 192 g/mol. The Hall–Kier alpha value is -0.610. The zero-order valence-corrected chi connectivity index (χ0v) is 9.75. The molecule has 0 atom stereocenters. The molecule has 0 radical (unpaired) electrons. The van der Waals surface area contributed by atoms with Gasteiger partial charge in [0.05, 0.1) is 5.41 Å². The van der Waals surface area contributed by atoms with Crippen LogP contribution in [0.3, 0.4) is 0 Å². The van der Waals surface area contributed by atoms with Crippen LogP contribution >= 0.6 is 0 Å². The van der Waals surface area contributed by atoms with Gasteiger partial charge in [0.15, 0.2) is 0 Å². The molecule has 4 heteroatoms. The van der Waals surface area contributed by atoms with Crippen LogP contribution in [0.25, 0.3) is 0 Å². The van der Waals surface area contributed by atoms with Gasteiger partial charge in [-0.15, -0.1) is 0 Å². The molecule has 0 spiro atoms. The van der Waals surface area contributed by atoms with Crippen LogP contribution in [0.15, 0.2) is 0 Å². The molecule has 1 aliphatic rings. The van der Waals surface area contributed by atoms with Crippen LogP contribution in [0.1, 0.15) is 26.7 Å². The third-order valence-corrected chi connectivity index (χ3v) is 3.54. The van der Waals surface area contributed by atoms with Gasteiger partial charge in [0, 0.05) is 32.7 Å². The molecule has 0 aromatic heterocycles. The largest absolute Gasteiger partial charge is 0.481 e. The van der Waals surface area contributed by atoms with Crippen molar-refractivity contribution in [3.05, 3.63) is 0 Å². The van der Waals surface area contributed by atoms with Gasteiger partial charge in [-0.1, -0.05) is 13.8 Å². The molecule has 1 heterocycles. The van der Waals surface area contributed by atoms with Crippen molar-refractivity contribution in [1.82, 2.24) is 10.2 Å². The number of hydrogen-bond donors (Lipinski definition) is 2. The molecule has 0 bridgehead atoms. The molecule has 2 N–H and O–H groups in total. The molecule has 1 fully saturated rings. The van der Waals surface area contributed by atoms with Gasteiger partial charge in [0.2, 0.25) is 0 Å². The van der Waals surface area contributed by atoms with E-state index in [1.807, 2.05) is 13.8 Å². The van der Waals surface area contributed by atoms with Crippen LogP contribution in [-0.2, 0) is 4.79 Å². The Morgan fingerprint density at radius 2 is 1.87 bits per heavy atom. The van der Waals surface area contributed by atoms with E-state index < -0.39 is 11.4 Å². The molecule has 1 rings (SSSR count). The molecule has 15 heavy (non-hydrogen) atoms. The highest BCUT2D eigenvalue weighted by atomic mass is 16.4. The molecule has 0 unspecified atom stereocenters. The van der Waals surface area contributed by atoms with E-state index in [4.69, 9.17) is 0 Å². The summed E-state index contributed by atoms with van der Waals surface area (Å²) in [7, 11) is 0. The minimum Gasteiger partial charge on any atom is -0.481 e. The summed E-state index contributed by atoms with van der Waals surface area (Å²) in [5.41, 5.74) is -0.544. The maximum absolute atomic E-state index is 11.3. The van der Waals surface area contributed by atoms with Crippen LogP contribution in [0, 0.1) is 5.41 Å². The number of rotatable bonds is 5. The predicted molar refractivity (Wildman–Crippen MR) is 60.0 cm³/mol. The van der Waals surface area contributed by atoms with E-state index in [9.17, 15) is 9.90 Å². The first kappa shape index (κ1) is 12.5. The number of nitrogens with zero attached hydrogens (tertiary/aromatic N) is 1. The summed E-state index contributed by atoms with van der Waals surface area (Å²) in [4.78, 5) is 13.6. The highest BCUT2D eigenvalue weighted by molar-refractivity contribution is 5.74. The van der Waals surface area contributed by atoms with E-state index in [0.29, 0.717) is 19.4 Å². The normalized spacial score (nSPS) is 19.1. The highest BCUT2D eigenvalue weighted by Crippen LogP contribution is 2.28. The smallest absolute Gasteiger partial charge is 0.310 e. The van der Waals surface area contributed by atoms with Crippen LogP contribution in [0.5, 0.6) is 0 Å². The summed E-state index contributed by atoms with van der Waals surface area (Å²) in [5, 5.41) is 12.6. The Bertz CT molecular complexity index is 209. The Morgan fingerprint density at radius 1 is 1.33 bits per heavy atom. The van der Waals surface area contributed by atoms with E-state index in [2.05, 4.69) is 10.2 Å². The summed E-state index contributed by atoms with van der Waals surface area (Å²) in [6, 6.07) is 0. The predicted octanol–water partition coefficient (Wildman–Crippen LogP) is 0.783. The topological polar surface area (TPSA) is 52.6 Å².